The van der Waals surface area contributed by atoms with Crippen molar-refractivity contribution >= 4 is 11.9 Å². The molecule has 0 aliphatic rings. The summed E-state index contributed by atoms with van der Waals surface area (Å²) in [6.45, 7) is 5.15. The lowest BCUT2D eigenvalue weighted by Crippen LogP contribution is -2.18. The van der Waals surface area contributed by atoms with Crippen molar-refractivity contribution in [2.75, 3.05) is 20.8 Å². The second-order valence-corrected chi connectivity index (χ2v) is 6.31. The number of hydrogen-bond donors (Lipinski definition) is 2. The van der Waals surface area contributed by atoms with E-state index >= 15 is 0 Å². The van der Waals surface area contributed by atoms with Crippen LogP contribution in [0.25, 0.3) is 0 Å². The predicted octanol–water partition coefficient (Wildman–Crippen LogP) is 2.50. The molecule has 1 amide bonds. The maximum Gasteiger partial charge on any atom is 0.343 e. The van der Waals surface area contributed by atoms with Gasteiger partial charge in [-0.15, -0.1) is 0 Å². The topological polar surface area (TPSA) is 76.7 Å². The van der Waals surface area contributed by atoms with Crippen LogP contribution < -0.4 is 15.4 Å². The average molecular weight is 370 g/mol. The molecule has 0 radical (unpaired) electrons. The molecule has 0 fully saturated rings. The Labute approximate surface area is 159 Å². The number of carbonyl (C=O) groups is 2. The van der Waals surface area contributed by atoms with Gasteiger partial charge in [-0.2, -0.15) is 0 Å². The standard InChI is InChI=1S/C21H26N2O4/c1-14-8-17(9-15(2)20(14)27-13-19(24)26-4)12-23-11-16-6-5-7-18(10-16)21(25)22-3/h5-10,23H,11-13H2,1-4H3,(H,22,25). The molecule has 144 valence electrons. The van der Waals surface area contributed by atoms with Gasteiger partial charge in [-0.3, -0.25) is 4.79 Å². The van der Waals surface area contributed by atoms with Gasteiger partial charge in [0.25, 0.3) is 5.91 Å². The van der Waals surface area contributed by atoms with Gasteiger partial charge in [0.15, 0.2) is 6.61 Å². The lowest BCUT2D eigenvalue weighted by atomic mass is 10.1. The highest BCUT2D eigenvalue weighted by molar-refractivity contribution is 5.94. The summed E-state index contributed by atoms with van der Waals surface area (Å²) in [7, 11) is 2.96. The number of esters is 1. The highest BCUT2D eigenvalue weighted by atomic mass is 16.6. The lowest BCUT2D eigenvalue weighted by molar-refractivity contribution is -0.142. The minimum atomic E-state index is -0.404. The van der Waals surface area contributed by atoms with Crippen LogP contribution in [-0.4, -0.2) is 32.6 Å². The zero-order valence-electron chi connectivity index (χ0n) is 16.2. The number of nitrogens with one attached hydrogen (secondary N) is 2. The van der Waals surface area contributed by atoms with Crippen LogP contribution in [0.2, 0.25) is 0 Å². The normalized spacial score (nSPS) is 10.4. The van der Waals surface area contributed by atoms with Crippen LogP contribution in [0.3, 0.4) is 0 Å². The number of benzene rings is 2. The fourth-order valence-electron chi connectivity index (χ4n) is 2.88. The van der Waals surface area contributed by atoms with E-state index in [1.165, 1.54) is 7.11 Å². The van der Waals surface area contributed by atoms with Crippen molar-refractivity contribution in [2.24, 2.45) is 0 Å². The molecule has 2 rings (SSSR count). The number of hydrogen-bond acceptors (Lipinski definition) is 5. The zero-order chi connectivity index (χ0) is 19.8. The van der Waals surface area contributed by atoms with Crippen LogP contribution in [0.1, 0.15) is 32.6 Å². The maximum atomic E-state index is 11.7. The first-order chi connectivity index (χ1) is 12.9. The SMILES string of the molecule is CNC(=O)c1cccc(CNCc2cc(C)c(OCC(=O)OC)c(C)c2)c1. The van der Waals surface area contributed by atoms with Gasteiger partial charge in [0.2, 0.25) is 0 Å². The molecule has 27 heavy (non-hydrogen) atoms. The number of rotatable bonds is 8. The van der Waals surface area contributed by atoms with Crippen LogP contribution in [0.5, 0.6) is 5.75 Å². The molecule has 0 atom stereocenters. The van der Waals surface area contributed by atoms with Gasteiger partial charge < -0.3 is 20.1 Å². The third-order valence-corrected chi connectivity index (χ3v) is 4.16. The summed E-state index contributed by atoms with van der Waals surface area (Å²) in [5, 5.41) is 6.02. The molecule has 0 heterocycles. The maximum absolute atomic E-state index is 11.7. The lowest BCUT2D eigenvalue weighted by Gasteiger charge is -2.14. The van der Waals surface area contributed by atoms with E-state index in [9.17, 15) is 9.59 Å². The quantitative estimate of drug-likeness (QED) is 0.698. The van der Waals surface area contributed by atoms with E-state index in [-0.39, 0.29) is 12.5 Å². The summed E-state index contributed by atoms with van der Waals surface area (Å²) in [5.74, 6) is 0.214. The molecule has 6 nitrogen and oxygen atoms in total. The van der Waals surface area contributed by atoms with E-state index in [0.717, 1.165) is 22.3 Å². The van der Waals surface area contributed by atoms with E-state index in [4.69, 9.17) is 4.74 Å². The van der Waals surface area contributed by atoms with E-state index in [1.54, 1.807) is 13.1 Å². The fourth-order valence-corrected chi connectivity index (χ4v) is 2.88. The Morgan fingerprint density at radius 2 is 1.67 bits per heavy atom. The van der Waals surface area contributed by atoms with Crippen molar-refractivity contribution in [3.05, 3.63) is 64.2 Å². The van der Waals surface area contributed by atoms with Crippen molar-refractivity contribution in [3.8, 4) is 5.75 Å². The van der Waals surface area contributed by atoms with Gasteiger partial charge in [0.05, 0.1) is 7.11 Å². The van der Waals surface area contributed by atoms with E-state index < -0.39 is 5.97 Å². The number of aryl methyl sites for hydroxylation is 2. The van der Waals surface area contributed by atoms with Crippen LogP contribution in [-0.2, 0) is 22.6 Å². The average Bonchev–Trinajstić information content (AvgIpc) is 2.66. The molecule has 0 bridgehead atoms. The molecule has 0 aliphatic heterocycles. The minimum absolute atomic E-state index is 0.0920. The van der Waals surface area contributed by atoms with Gasteiger partial charge >= 0.3 is 5.97 Å². The Bertz CT molecular complexity index is 795. The van der Waals surface area contributed by atoms with Crippen LogP contribution >= 0.6 is 0 Å². The van der Waals surface area contributed by atoms with E-state index in [0.29, 0.717) is 24.4 Å². The summed E-state index contributed by atoms with van der Waals surface area (Å²) in [6, 6.07) is 11.6. The highest BCUT2D eigenvalue weighted by Gasteiger charge is 2.09. The van der Waals surface area contributed by atoms with Gasteiger partial charge in [0, 0.05) is 25.7 Å². The first kappa shape index (κ1) is 20.5. The molecule has 0 unspecified atom stereocenters. The Morgan fingerprint density at radius 3 is 2.30 bits per heavy atom. The van der Waals surface area contributed by atoms with E-state index in [1.807, 2.05) is 44.2 Å². The Kier molecular flexibility index (Phi) is 7.37. The Hall–Kier alpha value is -2.86. The third kappa shape index (κ3) is 5.82. The molecule has 2 N–H and O–H groups in total. The van der Waals surface area contributed by atoms with Gasteiger partial charge in [-0.25, -0.2) is 4.79 Å². The van der Waals surface area contributed by atoms with Gasteiger partial charge in [-0.1, -0.05) is 24.3 Å². The van der Waals surface area contributed by atoms with Crippen LogP contribution in [0, 0.1) is 13.8 Å². The summed E-state index contributed by atoms with van der Waals surface area (Å²) >= 11 is 0. The number of ether oxygens (including phenoxy) is 2. The molecular weight excluding hydrogens is 344 g/mol. The predicted molar refractivity (Wildman–Crippen MR) is 104 cm³/mol. The minimum Gasteiger partial charge on any atom is -0.481 e. The Balaban J connectivity index is 1.96. The molecular formula is C21H26N2O4. The molecule has 6 heteroatoms. The highest BCUT2D eigenvalue weighted by Crippen LogP contribution is 2.25. The monoisotopic (exact) mass is 370 g/mol. The smallest absolute Gasteiger partial charge is 0.343 e. The number of amides is 1. The van der Waals surface area contributed by atoms with Crippen LogP contribution in [0.15, 0.2) is 36.4 Å². The first-order valence-corrected chi connectivity index (χ1v) is 8.76. The zero-order valence-corrected chi connectivity index (χ0v) is 16.2. The molecule has 0 saturated carbocycles. The molecule has 0 spiro atoms. The van der Waals surface area contributed by atoms with Crippen molar-refractivity contribution in [1.29, 1.82) is 0 Å². The van der Waals surface area contributed by atoms with Crippen molar-refractivity contribution in [3.63, 3.8) is 0 Å². The van der Waals surface area contributed by atoms with Gasteiger partial charge in [-0.05, 0) is 48.2 Å². The van der Waals surface area contributed by atoms with Gasteiger partial charge in [0.1, 0.15) is 5.75 Å². The van der Waals surface area contributed by atoms with E-state index in [2.05, 4.69) is 15.4 Å². The first-order valence-electron chi connectivity index (χ1n) is 8.76. The summed E-state index contributed by atoms with van der Waals surface area (Å²) in [4.78, 5) is 23.0. The van der Waals surface area contributed by atoms with Crippen molar-refractivity contribution in [2.45, 2.75) is 26.9 Å². The fraction of sp³-hybridized carbons (Fsp3) is 0.333. The second kappa shape index (κ2) is 9.73. The molecule has 2 aromatic carbocycles. The van der Waals surface area contributed by atoms with Crippen molar-refractivity contribution < 1.29 is 19.1 Å². The van der Waals surface area contributed by atoms with Crippen LogP contribution in [0.4, 0.5) is 0 Å². The Morgan fingerprint density at radius 1 is 1.00 bits per heavy atom. The molecule has 0 aromatic heterocycles. The molecule has 0 aliphatic carbocycles. The summed E-state index contributed by atoms with van der Waals surface area (Å²) in [5.41, 5.74) is 4.76. The number of carbonyl (C=O) groups excluding carboxylic acids is 2. The summed E-state index contributed by atoms with van der Waals surface area (Å²) in [6.07, 6.45) is 0. The largest absolute Gasteiger partial charge is 0.481 e. The molecule has 2 aromatic rings. The molecule has 0 saturated heterocycles. The summed E-state index contributed by atoms with van der Waals surface area (Å²) < 4.78 is 10.2. The number of methoxy groups -OCH3 is 1. The third-order valence-electron chi connectivity index (χ3n) is 4.16. The second-order valence-electron chi connectivity index (χ2n) is 6.31. The van der Waals surface area contributed by atoms with Crippen molar-refractivity contribution in [1.82, 2.24) is 10.6 Å².